The van der Waals surface area contributed by atoms with Gasteiger partial charge in [-0.1, -0.05) is 24.4 Å². The molecule has 4 rings (SSSR count). The molecule has 0 spiro atoms. The number of fused-ring (bicyclic) bond motifs is 1. The molecule has 0 N–H and O–H groups in total. The number of carbonyl (C=O) groups is 1. The van der Waals surface area contributed by atoms with Crippen molar-refractivity contribution in [1.29, 1.82) is 0 Å². The van der Waals surface area contributed by atoms with Gasteiger partial charge in [0.25, 0.3) is 5.91 Å². The monoisotopic (exact) mass is 435 g/mol. The molecule has 29 heavy (non-hydrogen) atoms. The summed E-state index contributed by atoms with van der Waals surface area (Å²) in [7, 11) is -3.73. The molecule has 1 aromatic heterocycles. The minimum Gasteiger partial charge on any atom is -0.348 e. The van der Waals surface area contributed by atoms with Crippen LogP contribution in [0.3, 0.4) is 0 Å². The molecule has 1 atom stereocenters. The van der Waals surface area contributed by atoms with Crippen LogP contribution in [0.5, 0.6) is 0 Å². The third kappa shape index (κ3) is 3.83. The number of amides is 1. The Morgan fingerprint density at radius 3 is 2.48 bits per heavy atom. The van der Waals surface area contributed by atoms with E-state index < -0.39 is 10.0 Å². The maximum atomic E-state index is 13.2. The molecule has 8 heteroatoms. The van der Waals surface area contributed by atoms with E-state index in [-0.39, 0.29) is 21.9 Å². The lowest BCUT2D eigenvalue weighted by Crippen LogP contribution is -2.40. The molecule has 0 saturated carbocycles. The normalized spacial score (nSPS) is 20.9. The van der Waals surface area contributed by atoms with Crippen molar-refractivity contribution in [2.24, 2.45) is 0 Å². The maximum absolute atomic E-state index is 13.2. The standard InChI is InChI=1S/C21H26ClN3O3S/c1-16-19-7-6-10-23(19)13-14-25(16)21(26)17-8-9-18(22)20(15-17)29(27,28)24-11-4-2-3-5-12-24/h6-10,15-16H,2-5,11-14H2,1H3. The van der Waals surface area contributed by atoms with Crippen LogP contribution in [0.1, 0.15) is 54.7 Å². The first-order chi connectivity index (χ1) is 13.9. The first kappa shape index (κ1) is 20.4. The number of aromatic nitrogens is 1. The zero-order valence-corrected chi connectivity index (χ0v) is 18.1. The third-order valence-corrected chi connectivity index (χ3v) is 8.34. The van der Waals surface area contributed by atoms with Crippen LogP contribution in [-0.2, 0) is 16.6 Å². The predicted molar refractivity (Wildman–Crippen MR) is 113 cm³/mol. The lowest BCUT2D eigenvalue weighted by atomic mass is 10.1. The molecule has 1 fully saturated rings. The van der Waals surface area contributed by atoms with Crippen LogP contribution in [0.25, 0.3) is 0 Å². The summed E-state index contributed by atoms with van der Waals surface area (Å²) in [5.74, 6) is -0.172. The van der Waals surface area contributed by atoms with Crippen molar-refractivity contribution in [2.45, 2.75) is 50.1 Å². The van der Waals surface area contributed by atoms with Crippen LogP contribution in [0, 0.1) is 0 Å². The highest BCUT2D eigenvalue weighted by molar-refractivity contribution is 7.89. The summed E-state index contributed by atoms with van der Waals surface area (Å²) in [5.41, 5.74) is 1.44. The number of benzene rings is 1. The Bertz CT molecular complexity index is 1010. The molecule has 2 aliphatic heterocycles. The molecule has 2 aliphatic rings. The van der Waals surface area contributed by atoms with Crippen LogP contribution >= 0.6 is 11.6 Å². The molecule has 6 nitrogen and oxygen atoms in total. The first-order valence-corrected chi connectivity index (χ1v) is 12.0. The molecule has 1 unspecified atom stereocenters. The van der Waals surface area contributed by atoms with E-state index in [0.717, 1.165) is 37.9 Å². The summed E-state index contributed by atoms with van der Waals surface area (Å²) in [5, 5.41) is 0.159. The lowest BCUT2D eigenvalue weighted by Gasteiger charge is -2.35. The molecular formula is C21H26ClN3O3S. The highest BCUT2D eigenvalue weighted by Crippen LogP contribution is 2.31. The quantitative estimate of drug-likeness (QED) is 0.733. The van der Waals surface area contributed by atoms with Gasteiger partial charge in [0.2, 0.25) is 10.0 Å². The average Bonchev–Trinajstić information content (AvgIpc) is 3.01. The lowest BCUT2D eigenvalue weighted by molar-refractivity contribution is 0.0644. The van der Waals surface area contributed by atoms with E-state index in [1.807, 2.05) is 25.3 Å². The van der Waals surface area contributed by atoms with Gasteiger partial charge in [0.1, 0.15) is 4.90 Å². The van der Waals surface area contributed by atoms with E-state index in [0.29, 0.717) is 25.2 Å². The van der Waals surface area contributed by atoms with E-state index in [1.165, 1.54) is 16.4 Å². The highest BCUT2D eigenvalue weighted by atomic mass is 35.5. The maximum Gasteiger partial charge on any atom is 0.254 e. The minimum absolute atomic E-state index is 0.0277. The molecule has 2 aromatic rings. The van der Waals surface area contributed by atoms with Gasteiger partial charge in [0.15, 0.2) is 0 Å². The predicted octanol–water partition coefficient (Wildman–Crippen LogP) is 3.92. The SMILES string of the molecule is CC1c2cccn2CCN1C(=O)c1ccc(Cl)c(S(=O)(=O)N2CCCCCC2)c1. The molecule has 0 bridgehead atoms. The van der Waals surface area contributed by atoms with Crippen molar-refractivity contribution >= 4 is 27.5 Å². The molecule has 0 radical (unpaired) electrons. The van der Waals surface area contributed by atoms with Crippen molar-refractivity contribution in [2.75, 3.05) is 19.6 Å². The fraction of sp³-hybridized carbons (Fsp3) is 0.476. The van der Waals surface area contributed by atoms with Gasteiger partial charge in [-0.05, 0) is 50.1 Å². The Morgan fingerprint density at radius 1 is 1.03 bits per heavy atom. The number of hydrogen-bond donors (Lipinski definition) is 0. The van der Waals surface area contributed by atoms with Gasteiger partial charge >= 0.3 is 0 Å². The summed E-state index contributed by atoms with van der Waals surface area (Å²) in [6, 6.07) is 8.51. The average molecular weight is 436 g/mol. The number of halogens is 1. The smallest absolute Gasteiger partial charge is 0.254 e. The highest BCUT2D eigenvalue weighted by Gasteiger charge is 2.31. The Balaban J connectivity index is 1.64. The fourth-order valence-electron chi connectivity index (χ4n) is 4.28. The fourth-order valence-corrected chi connectivity index (χ4v) is 6.29. The summed E-state index contributed by atoms with van der Waals surface area (Å²) < 4.78 is 30.1. The molecule has 1 amide bonds. The van der Waals surface area contributed by atoms with Gasteiger partial charge in [-0.2, -0.15) is 4.31 Å². The van der Waals surface area contributed by atoms with Crippen LogP contribution in [0.4, 0.5) is 0 Å². The van der Waals surface area contributed by atoms with Gasteiger partial charge in [-0.15, -0.1) is 0 Å². The molecule has 1 saturated heterocycles. The van der Waals surface area contributed by atoms with Crippen LogP contribution in [0.2, 0.25) is 5.02 Å². The Labute approximate surface area is 177 Å². The van der Waals surface area contributed by atoms with Crippen molar-refractivity contribution in [3.05, 3.63) is 52.8 Å². The second-order valence-corrected chi connectivity index (χ2v) is 10.1. The summed E-state index contributed by atoms with van der Waals surface area (Å²) in [6.45, 7) is 4.30. The van der Waals surface area contributed by atoms with E-state index in [4.69, 9.17) is 11.6 Å². The number of nitrogens with zero attached hydrogens (tertiary/aromatic N) is 3. The number of rotatable bonds is 3. The summed E-state index contributed by atoms with van der Waals surface area (Å²) in [4.78, 5) is 15.0. The van der Waals surface area contributed by atoms with Crippen LogP contribution < -0.4 is 0 Å². The van der Waals surface area contributed by atoms with Crippen molar-refractivity contribution in [3.8, 4) is 0 Å². The molecular weight excluding hydrogens is 410 g/mol. The largest absolute Gasteiger partial charge is 0.348 e. The summed E-state index contributed by atoms with van der Waals surface area (Å²) >= 11 is 6.28. The third-order valence-electron chi connectivity index (χ3n) is 5.96. The van der Waals surface area contributed by atoms with E-state index in [9.17, 15) is 13.2 Å². The van der Waals surface area contributed by atoms with Gasteiger partial charge < -0.3 is 9.47 Å². The van der Waals surface area contributed by atoms with Gasteiger partial charge in [-0.3, -0.25) is 4.79 Å². The van der Waals surface area contributed by atoms with Crippen molar-refractivity contribution in [1.82, 2.24) is 13.8 Å². The van der Waals surface area contributed by atoms with Crippen molar-refractivity contribution in [3.63, 3.8) is 0 Å². The van der Waals surface area contributed by atoms with Crippen LogP contribution in [0.15, 0.2) is 41.4 Å². The molecule has 3 heterocycles. The van der Waals surface area contributed by atoms with E-state index >= 15 is 0 Å². The van der Waals surface area contributed by atoms with E-state index in [2.05, 4.69) is 4.57 Å². The minimum atomic E-state index is -3.73. The van der Waals surface area contributed by atoms with Gasteiger partial charge in [0.05, 0.1) is 11.1 Å². The van der Waals surface area contributed by atoms with Gasteiger partial charge in [-0.25, -0.2) is 8.42 Å². The van der Waals surface area contributed by atoms with E-state index in [1.54, 1.807) is 11.0 Å². The number of sulfonamides is 1. The first-order valence-electron chi connectivity index (χ1n) is 10.2. The molecule has 0 aliphatic carbocycles. The molecule has 1 aromatic carbocycles. The Kier molecular flexibility index (Phi) is 5.73. The van der Waals surface area contributed by atoms with Crippen LogP contribution in [-0.4, -0.2) is 47.7 Å². The Hall–Kier alpha value is -1.83. The zero-order chi connectivity index (χ0) is 20.6. The zero-order valence-electron chi connectivity index (χ0n) is 16.6. The topological polar surface area (TPSA) is 62.6 Å². The molecule has 156 valence electrons. The Morgan fingerprint density at radius 2 is 1.76 bits per heavy atom. The van der Waals surface area contributed by atoms with Crippen molar-refractivity contribution < 1.29 is 13.2 Å². The van der Waals surface area contributed by atoms with Gasteiger partial charge in [0, 0.05) is 43.6 Å². The second-order valence-electron chi connectivity index (χ2n) is 7.76. The number of carbonyl (C=O) groups excluding carboxylic acids is 1. The number of hydrogen-bond acceptors (Lipinski definition) is 3. The summed E-state index contributed by atoms with van der Waals surface area (Å²) in [6.07, 6.45) is 5.78. The second kappa shape index (κ2) is 8.13.